The maximum absolute atomic E-state index is 13.0. The van der Waals surface area contributed by atoms with Crippen molar-refractivity contribution >= 4 is 29.0 Å². The zero-order valence-corrected chi connectivity index (χ0v) is 12.1. The number of hydrogen-bond acceptors (Lipinski definition) is 3. The maximum atomic E-state index is 13.0. The van der Waals surface area contributed by atoms with Gasteiger partial charge in [-0.05, 0) is 35.9 Å². The molecular formula is C15H9Cl2FN2O. The van der Waals surface area contributed by atoms with Crippen molar-refractivity contribution in [2.45, 2.75) is 0 Å². The normalized spacial score (nSPS) is 10.8. The molecule has 0 amide bonds. The molecule has 6 heteroatoms. The van der Waals surface area contributed by atoms with Crippen molar-refractivity contribution in [1.82, 2.24) is 5.16 Å². The Bertz CT molecular complexity index is 800. The Labute approximate surface area is 130 Å². The van der Waals surface area contributed by atoms with Gasteiger partial charge in [0.05, 0.1) is 15.6 Å². The lowest BCUT2D eigenvalue weighted by atomic mass is 10.0. The van der Waals surface area contributed by atoms with E-state index in [0.717, 1.165) is 0 Å². The molecule has 21 heavy (non-hydrogen) atoms. The van der Waals surface area contributed by atoms with Crippen LogP contribution in [0.2, 0.25) is 10.0 Å². The summed E-state index contributed by atoms with van der Waals surface area (Å²) in [5.41, 5.74) is 7.84. The molecule has 3 nitrogen and oxygen atoms in total. The molecule has 1 heterocycles. The molecule has 1 aromatic heterocycles. The van der Waals surface area contributed by atoms with E-state index in [1.54, 1.807) is 30.3 Å². The van der Waals surface area contributed by atoms with Crippen molar-refractivity contribution in [3.8, 4) is 22.5 Å². The van der Waals surface area contributed by atoms with Crippen molar-refractivity contribution < 1.29 is 8.91 Å². The standard InChI is InChI=1S/C15H9Cl2FN2O/c16-11-6-3-9(7-12(11)17)14-13(15(19)20-21-14)8-1-4-10(18)5-2-8/h1-7H,(H2,19,20). The molecule has 0 fully saturated rings. The van der Waals surface area contributed by atoms with Crippen LogP contribution in [0.25, 0.3) is 22.5 Å². The third kappa shape index (κ3) is 2.60. The van der Waals surface area contributed by atoms with Gasteiger partial charge in [-0.3, -0.25) is 0 Å². The Hall–Kier alpha value is -2.04. The molecule has 0 saturated carbocycles. The highest BCUT2D eigenvalue weighted by Crippen LogP contribution is 2.38. The lowest BCUT2D eigenvalue weighted by Gasteiger charge is -2.04. The van der Waals surface area contributed by atoms with Gasteiger partial charge in [-0.15, -0.1) is 0 Å². The van der Waals surface area contributed by atoms with Gasteiger partial charge in [0.25, 0.3) is 0 Å². The fraction of sp³-hybridized carbons (Fsp3) is 0. The number of benzene rings is 2. The highest BCUT2D eigenvalue weighted by molar-refractivity contribution is 6.42. The van der Waals surface area contributed by atoms with Crippen LogP contribution in [0.5, 0.6) is 0 Å². The molecule has 2 aromatic carbocycles. The Morgan fingerprint density at radius 3 is 2.29 bits per heavy atom. The van der Waals surface area contributed by atoms with Crippen LogP contribution in [0.3, 0.4) is 0 Å². The fourth-order valence-corrected chi connectivity index (χ4v) is 2.33. The number of rotatable bonds is 2. The second-order valence-electron chi connectivity index (χ2n) is 4.41. The predicted octanol–water partition coefficient (Wildman–Crippen LogP) is 5.04. The topological polar surface area (TPSA) is 52.0 Å². The largest absolute Gasteiger partial charge is 0.380 e. The van der Waals surface area contributed by atoms with E-state index in [0.29, 0.717) is 32.5 Å². The van der Waals surface area contributed by atoms with Gasteiger partial charge in [0.15, 0.2) is 11.6 Å². The molecule has 0 bridgehead atoms. The van der Waals surface area contributed by atoms with E-state index in [1.165, 1.54) is 12.1 Å². The third-order valence-corrected chi connectivity index (χ3v) is 3.77. The van der Waals surface area contributed by atoms with Gasteiger partial charge in [0, 0.05) is 5.56 Å². The molecule has 0 saturated heterocycles. The van der Waals surface area contributed by atoms with Crippen LogP contribution in [0.15, 0.2) is 47.0 Å². The van der Waals surface area contributed by atoms with Gasteiger partial charge in [-0.25, -0.2) is 4.39 Å². The van der Waals surface area contributed by atoms with Crippen molar-refractivity contribution in [2.24, 2.45) is 0 Å². The molecule has 2 N–H and O–H groups in total. The molecule has 0 atom stereocenters. The monoisotopic (exact) mass is 322 g/mol. The molecule has 0 radical (unpaired) electrons. The minimum absolute atomic E-state index is 0.225. The van der Waals surface area contributed by atoms with Gasteiger partial charge < -0.3 is 10.3 Å². The molecule has 0 aliphatic heterocycles. The number of nitrogens with zero attached hydrogens (tertiary/aromatic N) is 1. The predicted molar refractivity (Wildman–Crippen MR) is 81.8 cm³/mol. The van der Waals surface area contributed by atoms with Crippen LogP contribution in [-0.2, 0) is 0 Å². The molecule has 3 aromatic rings. The summed E-state index contributed by atoms with van der Waals surface area (Å²) in [6.07, 6.45) is 0. The summed E-state index contributed by atoms with van der Waals surface area (Å²) in [4.78, 5) is 0. The zero-order valence-electron chi connectivity index (χ0n) is 10.6. The molecule has 0 unspecified atom stereocenters. The van der Waals surface area contributed by atoms with Crippen LogP contribution in [-0.4, -0.2) is 5.16 Å². The van der Waals surface area contributed by atoms with Crippen molar-refractivity contribution in [3.05, 3.63) is 58.3 Å². The maximum Gasteiger partial charge on any atom is 0.176 e. The third-order valence-electron chi connectivity index (χ3n) is 3.03. The van der Waals surface area contributed by atoms with E-state index >= 15 is 0 Å². The van der Waals surface area contributed by atoms with Crippen LogP contribution >= 0.6 is 23.2 Å². The van der Waals surface area contributed by atoms with Crippen LogP contribution < -0.4 is 5.73 Å². The molecule has 106 valence electrons. The highest BCUT2D eigenvalue weighted by atomic mass is 35.5. The Morgan fingerprint density at radius 2 is 1.62 bits per heavy atom. The fourth-order valence-electron chi connectivity index (χ4n) is 2.03. The van der Waals surface area contributed by atoms with Crippen LogP contribution in [0.4, 0.5) is 10.2 Å². The first-order chi connectivity index (χ1) is 10.1. The van der Waals surface area contributed by atoms with Gasteiger partial charge in [0.2, 0.25) is 0 Å². The molecule has 3 rings (SSSR count). The van der Waals surface area contributed by atoms with Crippen molar-refractivity contribution in [2.75, 3.05) is 5.73 Å². The number of nitrogens with two attached hydrogens (primary N) is 1. The van der Waals surface area contributed by atoms with Gasteiger partial charge in [-0.2, -0.15) is 0 Å². The zero-order chi connectivity index (χ0) is 15.0. The van der Waals surface area contributed by atoms with Crippen molar-refractivity contribution in [3.63, 3.8) is 0 Å². The number of anilines is 1. The quantitative estimate of drug-likeness (QED) is 0.719. The van der Waals surface area contributed by atoms with E-state index < -0.39 is 0 Å². The smallest absolute Gasteiger partial charge is 0.176 e. The van der Waals surface area contributed by atoms with E-state index in [9.17, 15) is 4.39 Å². The lowest BCUT2D eigenvalue weighted by Crippen LogP contribution is -1.89. The second kappa shape index (κ2) is 5.39. The minimum Gasteiger partial charge on any atom is -0.380 e. The minimum atomic E-state index is -0.329. The summed E-state index contributed by atoms with van der Waals surface area (Å²) >= 11 is 11.9. The number of nitrogen functional groups attached to an aromatic ring is 1. The summed E-state index contributed by atoms with van der Waals surface area (Å²) < 4.78 is 18.3. The molecule has 0 aliphatic carbocycles. The summed E-state index contributed by atoms with van der Waals surface area (Å²) in [7, 11) is 0. The number of hydrogen-bond donors (Lipinski definition) is 1. The number of halogens is 3. The first-order valence-corrected chi connectivity index (χ1v) is 6.78. The molecule has 0 spiro atoms. The van der Waals surface area contributed by atoms with Gasteiger partial charge in [-0.1, -0.05) is 40.5 Å². The first kappa shape index (κ1) is 13.9. The van der Waals surface area contributed by atoms with Gasteiger partial charge in [0.1, 0.15) is 5.82 Å². The first-order valence-electron chi connectivity index (χ1n) is 6.03. The van der Waals surface area contributed by atoms with Gasteiger partial charge >= 0.3 is 0 Å². The summed E-state index contributed by atoms with van der Waals surface area (Å²) in [5.74, 6) is 0.352. The lowest BCUT2D eigenvalue weighted by molar-refractivity contribution is 0.436. The summed E-state index contributed by atoms with van der Waals surface area (Å²) in [6.45, 7) is 0. The summed E-state index contributed by atoms with van der Waals surface area (Å²) in [6, 6.07) is 11.0. The van der Waals surface area contributed by atoms with E-state index in [4.69, 9.17) is 33.5 Å². The van der Waals surface area contributed by atoms with Crippen LogP contribution in [0, 0.1) is 5.82 Å². The second-order valence-corrected chi connectivity index (χ2v) is 5.22. The van der Waals surface area contributed by atoms with E-state index in [2.05, 4.69) is 5.16 Å². The summed E-state index contributed by atoms with van der Waals surface area (Å²) in [5, 5.41) is 4.62. The SMILES string of the molecule is Nc1noc(-c2ccc(Cl)c(Cl)c2)c1-c1ccc(F)cc1. The Kier molecular flexibility index (Phi) is 3.57. The highest BCUT2D eigenvalue weighted by Gasteiger charge is 2.18. The van der Waals surface area contributed by atoms with E-state index in [1.807, 2.05) is 0 Å². The van der Waals surface area contributed by atoms with Crippen molar-refractivity contribution in [1.29, 1.82) is 0 Å². The van der Waals surface area contributed by atoms with Crippen LogP contribution in [0.1, 0.15) is 0 Å². The number of aromatic nitrogens is 1. The average molecular weight is 323 g/mol. The molecule has 0 aliphatic rings. The Balaban J connectivity index is 2.16. The van der Waals surface area contributed by atoms with E-state index in [-0.39, 0.29) is 11.6 Å². The molecular weight excluding hydrogens is 314 g/mol. The Morgan fingerprint density at radius 1 is 0.952 bits per heavy atom. The average Bonchev–Trinajstić information content (AvgIpc) is 2.85.